The molecule has 1 spiro atoms. The fourth-order valence-electron chi connectivity index (χ4n) is 10.4. The molecule has 13 rings (SSSR count). The van der Waals surface area contributed by atoms with Crippen LogP contribution in [0.1, 0.15) is 22.3 Å². The summed E-state index contributed by atoms with van der Waals surface area (Å²) >= 11 is 0. The average molecular weight is 725 g/mol. The quantitative estimate of drug-likeness (QED) is 0.182. The predicted molar refractivity (Wildman–Crippen MR) is 232 cm³/mol. The first-order chi connectivity index (χ1) is 28.3. The van der Waals surface area contributed by atoms with Crippen LogP contribution in [0.15, 0.2) is 194 Å². The van der Waals surface area contributed by atoms with Crippen LogP contribution < -0.4 is 0 Å². The standard InChI is InChI=1S/C53H32N4/c1-2-16-33(17-3-1)52-54-48(56-44-27-13-7-20-36(44)37-21-8-14-28-45(37)56)32-49(55-52)57-46-29-15-9-23-39(46)51-47(57)31-30-43-50(51)38-22-6-12-26-42(38)53(43)40-24-10-4-18-34(40)35-19-5-11-25-41(35)53/h1-32H. The van der Waals surface area contributed by atoms with Crippen molar-refractivity contribution in [3.05, 3.63) is 216 Å². The Bertz CT molecular complexity index is 3380. The Morgan fingerprint density at radius 1 is 0.351 bits per heavy atom. The minimum atomic E-state index is -0.421. The summed E-state index contributed by atoms with van der Waals surface area (Å²) in [6, 6.07) is 70.4. The van der Waals surface area contributed by atoms with Crippen molar-refractivity contribution < 1.29 is 0 Å². The van der Waals surface area contributed by atoms with E-state index in [0.717, 1.165) is 39.3 Å². The summed E-state index contributed by atoms with van der Waals surface area (Å²) < 4.78 is 4.66. The van der Waals surface area contributed by atoms with Crippen LogP contribution in [0.4, 0.5) is 0 Å². The first-order valence-corrected chi connectivity index (χ1v) is 19.6. The second-order valence-electron chi connectivity index (χ2n) is 15.3. The van der Waals surface area contributed by atoms with Gasteiger partial charge in [0.2, 0.25) is 0 Å². The van der Waals surface area contributed by atoms with E-state index in [2.05, 4.69) is 197 Å². The summed E-state index contributed by atoms with van der Waals surface area (Å²) in [6.07, 6.45) is 0. The zero-order valence-corrected chi connectivity index (χ0v) is 30.8. The average Bonchev–Trinajstić information content (AvgIpc) is 3.99. The molecule has 0 saturated heterocycles. The number of fused-ring (bicyclic) bond motifs is 17. The smallest absolute Gasteiger partial charge is 0.163 e. The molecule has 3 aromatic heterocycles. The van der Waals surface area contributed by atoms with Gasteiger partial charge in [0.15, 0.2) is 5.82 Å². The van der Waals surface area contributed by atoms with Gasteiger partial charge in [-0.25, -0.2) is 9.97 Å². The maximum Gasteiger partial charge on any atom is 0.163 e. The van der Waals surface area contributed by atoms with Gasteiger partial charge in [0, 0.05) is 33.2 Å². The largest absolute Gasteiger partial charge is 0.294 e. The van der Waals surface area contributed by atoms with Crippen LogP contribution in [0.5, 0.6) is 0 Å². The Hall–Kier alpha value is -7.56. The lowest BCUT2D eigenvalue weighted by atomic mass is 9.70. The summed E-state index contributed by atoms with van der Waals surface area (Å²) in [7, 11) is 0. The topological polar surface area (TPSA) is 35.6 Å². The molecular weight excluding hydrogens is 693 g/mol. The highest BCUT2D eigenvalue weighted by Crippen LogP contribution is 2.64. The molecule has 0 unspecified atom stereocenters. The monoisotopic (exact) mass is 724 g/mol. The molecule has 0 radical (unpaired) electrons. The Labute approximate surface area is 328 Å². The third-order valence-corrected chi connectivity index (χ3v) is 12.6. The number of para-hydroxylation sites is 3. The third kappa shape index (κ3) is 3.91. The lowest BCUT2D eigenvalue weighted by Crippen LogP contribution is -2.25. The SMILES string of the molecule is c1ccc(-c2nc(-n3c4ccccc4c4ccccc43)cc(-n3c4ccccc4c4c5c(ccc43)C3(c4ccccc4-c4ccccc43)c3ccccc3-5)n2)cc1. The predicted octanol–water partition coefficient (Wildman–Crippen LogP) is 12.7. The first kappa shape index (κ1) is 30.7. The van der Waals surface area contributed by atoms with Gasteiger partial charge in [0.1, 0.15) is 11.6 Å². The molecule has 2 aliphatic rings. The molecule has 3 heterocycles. The number of rotatable bonds is 3. The first-order valence-electron chi connectivity index (χ1n) is 19.6. The van der Waals surface area contributed by atoms with Crippen molar-refractivity contribution in [1.29, 1.82) is 0 Å². The van der Waals surface area contributed by atoms with E-state index < -0.39 is 5.41 Å². The molecule has 0 amide bonds. The molecule has 0 saturated carbocycles. The lowest BCUT2D eigenvalue weighted by Gasteiger charge is -2.30. The van der Waals surface area contributed by atoms with E-state index in [1.165, 1.54) is 66.1 Å². The highest BCUT2D eigenvalue weighted by molar-refractivity contribution is 6.19. The third-order valence-electron chi connectivity index (χ3n) is 12.6. The zero-order valence-electron chi connectivity index (χ0n) is 30.8. The van der Waals surface area contributed by atoms with Gasteiger partial charge in [-0.2, -0.15) is 0 Å². The van der Waals surface area contributed by atoms with Crippen molar-refractivity contribution in [2.24, 2.45) is 0 Å². The van der Waals surface area contributed by atoms with Gasteiger partial charge in [-0.15, -0.1) is 0 Å². The van der Waals surface area contributed by atoms with Gasteiger partial charge in [-0.05, 0) is 68.8 Å². The molecule has 2 aliphatic carbocycles. The van der Waals surface area contributed by atoms with Crippen LogP contribution in [-0.4, -0.2) is 19.1 Å². The molecule has 0 atom stereocenters. The van der Waals surface area contributed by atoms with Gasteiger partial charge in [-0.3, -0.25) is 9.13 Å². The van der Waals surface area contributed by atoms with Crippen LogP contribution >= 0.6 is 0 Å². The second-order valence-corrected chi connectivity index (χ2v) is 15.3. The molecule has 4 nitrogen and oxygen atoms in total. The fourth-order valence-corrected chi connectivity index (χ4v) is 10.4. The molecule has 264 valence electrons. The maximum absolute atomic E-state index is 5.42. The minimum Gasteiger partial charge on any atom is -0.294 e. The summed E-state index contributed by atoms with van der Waals surface area (Å²) in [4.78, 5) is 10.8. The van der Waals surface area contributed by atoms with Gasteiger partial charge < -0.3 is 0 Å². The van der Waals surface area contributed by atoms with Gasteiger partial charge >= 0.3 is 0 Å². The maximum atomic E-state index is 5.42. The number of aromatic nitrogens is 4. The molecule has 11 aromatic rings. The van der Waals surface area contributed by atoms with E-state index in [-0.39, 0.29) is 0 Å². The normalized spacial score (nSPS) is 13.4. The van der Waals surface area contributed by atoms with E-state index in [4.69, 9.17) is 9.97 Å². The van der Waals surface area contributed by atoms with E-state index in [0.29, 0.717) is 5.82 Å². The molecule has 8 aromatic carbocycles. The van der Waals surface area contributed by atoms with Gasteiger partial charge in [0.25, 0.3) is 0 Å². The summed E-state index contributed by atoms with van der Waals surface area (Å²) in [5.41, 5.74) is 15.6. The van der Waals surface area contributed by atoms with Crippen molar-refractivity contribution in [2.45, 2.75) is 5.41 Å². The number of benzene rings is 8. The van der Waals surface area contributed by atoms with Crippen molar-refractivity contribution >= 4 is 43.6 Å². The van der Waals surface area contributed by atoms with Crippen molar-refractivity contribution in [3.8, 4) is 45.3 Å². The lowest BCUT2D eigenvalue weighted by molar-refractivity contribution is 0.794. The zero-order chi connectivity index (χ0) is 37.2. The fraction of sp³-hybridized carbons (Fsp3) is 0.0189. The summed E-state index contributed by atoms with van der Waals surface area (Å²) in [5.74, 6) is 2.33. The Kier molecular flexibility index (Phi) is 6.07. The van der Waals surface area contributed by atoms with Crippen molar-refractivity contribution in [3.63, 3.8) is 0 Å². The number of hydrogen-bond acceptors (Lipinski definition) is 2. The number of nitrogens with zero attached hydrogens (tertiary/aromatic N) is 4. The van der Waals surface area contributed by atoms with Crippen LogP contribution in [0.3, 0.4) is 0 Å². The van der Waals surface area contributed by atoms with Crippen LogP contribution in [0, 0.1) is 0 Å². The summed E-state index contributed by atoms with van der Waals surface area (Å²) in [6.45, 7) is 0. The summed E-state index contributed by atoms with van der Waals surface area (Å²) in [5, 5.41) is 4.84. The molecule has 57 heavy (non-hydrogen) atoms. The Morgan fingerprint density at radius 2 is 0.807 bits per heavy atom. The van der Waals surface area contributed by atoms with E-state index in [1.54, 1.807) is 0 Å². The van der Waals surface area contributed by atoms with Crippen molar-refractivity contribution in [2.75, 3.05) is 0 Å². The van der Waals surface area contributed by atoms with Gasteiger partial charge in [0.05, 0.1) is 27.5 Å². The highest BCUT2D eigenvalue weighted by Gasteiger charge is 2.52. The molecular formula is C53H32N4. The van der Waals surface area contributed by atoms with Crippen LogP contribution in [0.2, 0.25) is 0 Å². The molecule has 0 fully saturated rings. The number of hydrogen-bond donors (Lipinski definition) is 0. The van der Waals surface area contributed by atoms with E-state index in [1.807, 2.05) is 6.07 Å². The van der Waals surface area contributed by atoms with Crippen LogP contribution in [-0.2, 0) is 5.41 Å². The highest BCUT2D eigenvalue weighted by atomic mass is 15.1. The Morgan fingerprint density at radius 3 is 1.42 bits per heavy atom. The van der Waals surface area contributed by atoms with Crippen LogP contribution in [0.25, 0.3) is 88.9 Å². The molecule has 0 N–H and O–H groups in total. The molecule has 0 aliphatic heterocycles. The second kappa shape index (κ2) is 11.2. The molecule has 0 bridgehead atoms. The van der Waals surface area contributed by atoms with Crippen molar-refractivity contribution in [1.82, 2.24) is 19.1 Å². The van der Waals surface area contributed by atoms with Gasteiger partial charge in [-0.1, -0.05) is 164 Å². The molecule has 4 heteroatoms. The Balaban J connectivity index is 1.15. The minimum absolute atomic E-state index is 0.421. The van der Waals surface area contributed by atoms with E-state index in [9.17, 15) is 0 Å². The van der Waals surface area contributed by atoms with E-state index >= 15 is 0 Å².